The number of hydrogen-bond acceptors (Lipinski definition) is 3. The van der Waals surface area contributed by atoms with Gasteiger partial charge in [-0.25, -0.2) is 4.98 Å². The van der Waals surface area contributed by atoms with Crippen LogP contribution in [0.25, 0.3) is 11.5 Å². The summed E-state index contributed by atoms with van der Waals surface area (Å²) in [6.07, 6.45) is 0. The molecule has 18 heavy (non-hydrogen) atoms. The maximum Gasteiger partial charge on any atom is 0.273 e. The fourth-order valence-corrected chi connectivity index (χ4v) is 1.69. The summed E-state index contributed by atoms with van der Waals surface area (Å²) >= 11 is 5.81. The molecule has 1 amide bonds. The zero-order valence-corrected chi connectivity index (χ0v) is 10.9. The monoisotopic (exact) mass is 264 g/mol. The van der Waals surface area contributed by atoms with Crippen LogP contribution in [-0.2, 0) is 0 Å². The van der Waals surface area contributed by atoms with E-state index < -0.39 is 0 Å². The first-order chi connectivity index (χ1) is 8.61. The van der Waals surface area contributed by atoms with Crippen LogP contribution in [0, 0.1) is 6.92 Å². The lowest BCUT2D eigenvalue weighted by molar-refractivity contribution is 0.0950. The van der Waals surface area contributed by atoms with Crippen molar-refractivity contribution in [2.24, 2.45) is 0 Å². The quantitative estimate of drug-likeness (QED) is 0.927. The Labute approximate surface area is 110 Å². The smallest absolute Gasteiger partial charge is 0.273 e. The van der Waals surface area contributed by atoms with Gasteiger partial charge in [0.1, 0.15) is 5.76 Å². The van der Waals surface area contributed by atoms with Gasteiger partial charge in [0.25, 0.3) is 5.91 Å². The Kier molecular flexibility index (Phi) is 3.67. The third-order valence-corrected chi connectivity index (χ3v) is 2.69. The minimum Gasteiger partial charge on any atom is -0.441 e. The highest BCUT2D eigenvalue weighted by atomic mass is 35.5. The van der Waals surface area contributed by atoms with Crippen LogP contribution in [0.3, 0.4) is 0 Å². The Hall–Kier alpha value is -1.81. The number of carbonyl (C=O) groups is 1. The summed E-state index contributed by atoms with van der Waals surface area (Å²) in [6.45, 7) is 4.13. The molecule has 0 saturated carbocycles. The first-order valence-electron chi connectivity index (χ1n) is 5.63. The van der Waals surface area contributed by atoms with Gasteiger partial charge in [0.05, 0.1) is 0 Å². The van der Waals surface area contributed by atoms with Crippen LogP contribution in [0.15, 0.2) is 28.7 Å². The lowest BCUT2D eigenvalue weighted by Crippen LogP contribution is -2.23. The number of aryl methyl sites for hydroxylation is 1. The molecule has 2 aromatic rings. The summed E-state index contributed by atoms with van der Waals surface area (Å²) in [6, 6.07) is 7.11. The predicted molar refractivity (Wildman–Crippen MR) is 69.7 cm³/mol. The molecule has 0 aliphatic heterocycles. The van der Waals surface area contributed by atoms with Gasteiger partial charge in [0.15, 0.2) is 5.69 Å². The van der Waals surface area contributed by atoms with E-state index in [0.717, 1.165) is 5.56 Å². The van der Waals surface area contributed by atoms with Gasteiger partial charge in [-0.2, -0.15) is 0 Å². The Morgan fingerprint density at radius 1 is 1.39 bits per heavy atom. The maximum atomic E-state index is 11.7. The normalized spacial score (nSPS) is 10.4. The van der Waals surface area contributed by atoms with Crippen molar-refractivity contribution in [3.05, 3.63) is 40.7 Å². The molecule has 94 valence electrons. The highest BCUT2D eigenvalue weighted by molar-refractivity contribution is 6.30. The summed E-state index contributed by atoms with van der Waals surface area (Å²) in [4.78, 5) is 15.9. The number of hydrogen-bond donors (Lipinski definition) is 1. The highest BCUT2D eigenvalue weighted by Crippen LogP contribution is 2.23. The zero-order chi connectivity index (χ0) is 13.1. The molecule has 0 fully saturated rings. The third-order valence-electron chi connectivity index (χ3n) is 2.44. The van der Waals surface area contributed by atoms with Crippen molar-refractivity contribution >= 4 is 17.5 Å². The van der Waals surface area contributed by atoms with Crippen LogP contribution in [0.2, 0.25) is 5.02 Å². The van der Waals surface area contributed by atoms with Gasteiger partial charge in [-0.15, -0.1) is 0 Å². The molecular formula is C13H13ClN2O2. The predicted octanol–water partition coefficient (Wildman–Crippen LogP) is 3.05. The molecule has 0 radical (unpaired) electrons. The summed E-state index contributed by atoms with van der Waals surface area (Å²) < 4.78 is 5.49. The number of nitrogens with one attached hydrogen (secondary N) is 1. The number of carbonyl (C=O) groups excluding carboxylic acids is 1. The van der Waals surface area contributed by atoms with Gasteiger partial charge in [-0.1, -0.05) is 11.6 Å². The van der Waals surface area contributed by atoms with E-state index in [-0.39, 0.29) is 5.91 Å². The van der Waals surface area contributed by atoms with Crippen molar-refractivity contribution in [3.63, 3.8) is 0 Å². The number of benzene rings is 1. The molecule has 0 atom stereocenters. The Bertz CT molecular complexity index is 561. The van der Waals surface area contributed by atoms with Gasteiger partial charge < -0.3 is 9.73 Å². The van der Waals surface area contributed by atoms with Crippen molar-refractivity contribution in [2.75, 3.05) is 6.54 Å². The Morgan fingerprint density at radius 3 is 2.67 bits per heavy atom. The van der Waals surface area contributed by atoms with Gasteiger partial charge >= 0.3 is 0 Å². The number of halogens is 1. The zero-order valence-electron chi connectivity index (χ0n) is 10.2. The van der Waals surface area contributed by atoms with Gasteiger partial charge in [-0.05, 0) is 38.1 Å². The maximum absolute atomic E-state index is 11.7. The van der Waals surface area contributed by atoms with Crippen LogP contribution >= 0.6 is 11.6 Å². The van der Waals surface area contributed by atoms with E-state index in [4.69, 9.17) is 16.0 Å². The number of aromatic nitrogens is 1. The van der Waals surface area contributed by atoms with Crippen molar-refractivity contribution in [2.45, 2.75) is 13.8 Å². The first kappa shape index (κ1) is 12.6. The molecule has 1 heterocycles. The van der Waals surface area contributed by atoms with E-state index in [1.165, 1.54) is 0 Å². The van der Waals surface area contributed by atoms with Crippen molar-refractivity contribution in [1.82, 2.24) is 10.3 Å². The molecule has 1 aromatic heterocycles. The molecule has 1 N–H and O–H groups in total. The van der Waals surface area contributed by atoms with E-state index in [9.17, 15) is 4.79 Å². The molecule has 0 aliphatic rings. The number of rotatable bonds is 3. The second-order valence-electron chi connectivity index (χ2n) is 3.79. The molecule has 0 aliphatic carbocycles. The lowest BCUT2D eigenvalue weighted by atomic mass is 10.2. The summed E-state index contributed by atoms with van der Waals surface area (Å²) in [7, 11) is 0. The van der Waals surface area contributed by atoms with Crippen LogP contribution in [0.1, 0.15) is 23.2 Å². The minimum absolute atomic E-state index is 0.223. The molecule has 1 aromatic carbocycles. The van der Waals surface area contributed by atoms with E-state index in [1.54, 1.807) is 31.2 Å². The Morgan fingerprint density at radius 2 is 2.06 bits per heavy atom. The van der Waals surface area contributed by atoms with Gasteiger partial charge in [0.2, 0.25) is 5.89 Å². The molecule has 0 bridgehead atoms. The molecule has 0 unspecified atom stereocenters. The van der Waals surface area contributed by atoms with Crippen LogP contribution in [0.4, 0.5) is 0 Å². The highest BCUT2D eigenvalue weighted by Gasteiger charge is 2.17. The van der Waals surface area contributed by atoms with Crippen molar-refractivity contribution in [3.8, 4) is 11.5 Å². The SMILES string of the molecule is CCNC(=O)c1nc(-c2ccc(Cl)cc2)oc1C. The molecule has 4 nitrogen and oxygen atoms in total. The average molecular weight is 265 g/mol. The second-order valence-corrected chi connectivity index (χ2v) is 4.23. The van der Waals surface area contributed by atoms with E-state index >= 15 is 0 Å². The fourth-order valence-electron chi connectivity index (χ4n) is 1.57. The van der Waals surface area contributed by atoms with E-state index in [0.29, 0.717) is 28.9 Å². The van der Waals surface area contributed by atoms with Crippen molar-refractivity contribution < 1.29 is 9.21 Å². The fraction of sp³-hybridized carbons (Fsp3) is 0.231. The topological polar surface area (TPSA) is 55.1 Å². The van der Waals surface area contributed by atoms with Crippen LogP contribution in [0.5, 0.6) is 0 Å². The number of oxazole rings is 1. The molecule has 5 heteroatoms. The molecule has 2 rings (SSSR count). The summed E-state index contributed by atoms with van der Waals surface area (Å²) in [5.74, 6) is 0.704. The van der Waals surface area contributed by atoms with Crippen LogP contribution in [-0.4, -0.2) is 17.4 Å². The van der Waals surface area contributed by atoms with Crippen LogP contribution < -0.4 is 5.32 Å². The second kappa shape index (κ2) is 5.23. The molecular weight excluding hydrogens is 252 g/mol. The standard InChI is InChI=1S/C13H13ClN2O2/c1-3-15-12(17)11-8(2)18-13(16-11)9-4-6-10(14)7-5-9/h4-7H,3H2,1-2H3,(H,15,17). The third kappa shape index (κ3) is 2.54. The number of amides is 1. The minimum atomic E-state index is -0.223. The molecule has 0 spiro atoms. The van der Waals surface area contributed by atoms with E-state index in [2.05, 4.69) is 10.3 Å². The molecule has 0 saturated heterocycles. The van der Waals surface area contributed by atoms with E-state index in [1.807, 2.05) is 6.92 Å². The van der Waals surface area contributed by atoms with Gasteiger partial charge in [0, 0.05) is 17.1 Å². The lowest BCUT2D eigenvalue weighted by Gasteiger charge is -1.96. The van der Waals surface area contributed by atoms with Gasteiger partial charge in [-0.3, -0.25) is 4.79 Å². The van der Waals surface area contributed by atoms with Crippen molar-refractivity contribution in [1.29, 1.82) is 0 Å². The summed E-state index contributed by atoms with van der Waals surface area (Å²) in [5, 5.41) is 3.34. The largest absolute Gasteiger partial charge is 0.441 e. The Balaban J connectivity index is 2.34. The number of nitrogens with zero attached hydrogens (tertiary/aromatic N) is 1. The first-order valence-corrected chi connectivity index (χ1v) is 6.01. The average Bonchev–Trinajstić information content (AvgIpc) is 2.72. The summed E-state index contributed by atoms with van der Waals surface area (Å²) in [5.41, 5.74) is 1.11.